The van der Waals surface area contributed by atoms with E-state index in [1.807, 2.05) is 60.7 Å². The first kappa shape index (κ1) is 19.7. The second kappa shape index (κ2) is 8.13. The van der Waals surface area contributed by atoms with Crippen LogP contribution in [0.1, 0.15) is 11.1 Å². The van der Waals surface area contributed by atoms with Gasteiger partial charge in [-0.25, -0.2) is 4.98 Å². The van der Waals surface area contributed by atoms with E-state index in [0.717, 1.165) is 27.5 Å². The van der Waals surface area contributed by atoms with Gasteiger partial charge in [0.2, 0.25) is 0 Å². The number of carbonyl (C=O) groups excluding carboxylic acids is 1. The molecule has 5 aromatic rings. The SMILES string of the molecule is O=C(NNc1c2ccccc2nc2ccccc12)C(O)(c1ccccc1)c1ccccc1. The highest BCUT2D eigenvalue weighted by Crippen LogP contribution is 2.32. The quantitative estimate of drug-likeness (QED) is 0.283. The fourth-order valence-electron chi connectivity index (χ4n) is 3.97. The van der Waals surface area contributed by atoms with Crippen LogP contribution in [0.25, 0.3) is 21.8 Å². The van der Waals surface area contributed by atoms with Gasteiger partial charge in [-0.1, -0.05) is 97.1 Å². The van der Waals surface area contributed by atoms with E-state index in [1.165, 1.54) is 0 Å². The van der Waals surface area contributed by atoms with Crippen molar-refractivity contribution in [3.8, 4) is 0 Å². The Morgan fingerprint density at radius 2 is 1.09 bits per heavy atom. The highest BCUT2D eigenvalue weighted by molar-refractivity contribution is 6.08. The van der Waals surface area contributed by atoms with Crippen LogP contribution in [0, 0.1) is 0 Å². The van der Waals surface area contributed by atoms with Crippen molar-refractivity contribution in [2.24, 2.45) is 0 Å². The molecule has 5 rings (SSSR count). The van der Waals surface area contributed by atoms with Crippen molar-refractivity contribution in [1.29, 1.82) is 0 Å². The van der Waals surface area contributed by atoms with E-state index < -0.39 is 11.5 Å². The number of anilines is 1. The Balaban J connectivity index is 1.56. The molecule has 1 amide bonds. The van der Waals surface area contributed by atoms with Crippen LogP contribution in [0.4, 0.5) is 5.69 Å². The van der Waals surface area contributed by atoms with Gasteiger partial charge in [0.15, 0.2) is 5.60 Å². The zero-order valence-corrected chi connectivity index (χ0v) is 17.2. The Bertz CT molecular complexity index is 1310. The van der Waals surface area contributed by atoms with Crippen LogP contribution in [-0.4, -0.2) is 16.0 Å². The normalized spacial score (nSPS) is 11.4. The van der Waals surface area contributed by atoms with Crippen molar-refractivity contribution < 1.29 is 9.90 Å². The topological polar surface area (TPSA) is 74.2 Å². The number of hydrogen-bond donors (Lipinski definition) is 3. The van der Waals surface area contributed by atoms with E-state index >= 15 is 0 Å². The van der Waals surface area contributed by atoms with E-state index in [2.05, 4.69) is 10.9 Å². The first-order valence-corrected chi connectivity index (χ1v) is 10.4. The van der Waals surface area contributed by atoms with Crippen molar-refractivity contribution in [1.82, 2.24) is 10.4 Å². The molecule has 0 bridgehead atoms. The van der Waals surface area contributed by atoms with Gasteiger partial charge in [0.1, 0.15) is 0 Å². The van der Waals surface area contributed by atoms with Crippen LogP contribution in [0.5, 0.6) is 0 Å². The van der Waals surface area contributed by atoms with Gasteiger partial charge in [-0.15, -0.1) is 0 Å². The highest BCUT2D eigenvalue weighted by Gasteiger charge is 2.40. The summed E-state index contributed by atoms with van der Waals surface area (Å²) in [5, 5.41) is 13.4. The molecule has 0 aliphatic heterocycles. The Hall–Kier alpha value is -4.22. The molecule has 32 heavy (non-hydrogen) atoms. The smallest absolute Gasteiger partial charge is 0.279 e. The molecule has 1 aromatic heterocycles. The first-order chi connectivity index (χ1) is 15.7. The summed E-state index contributed by atoms with van der Waals surface area (Å²) >= 11 is 0. The maximum Gasteiger partial charge on any atom is 0.279 e. The lowest BCUT2D eigenvalue weighted by molar-refractivity contribution is -0.136. The lowest BCUT2D eigenvalue weighted by Gasteiger charge is -2.28. The molecular weight excluding hydrogens is 398 g/mol. The third kappa shape index (κ3) is 3.35. The molecule has 5 nitrogen and oxygen atoms in total. The minimum Gasteiger partial charge on any atom is -0.372 e. The maximum atomic E-state index is 13.5. The third-order valence-electron chi connectivity index (χ3n) is 5.60. The van der Waals surface area contributed by atoms with Gasteiger partial charge in [0.25, 0.3) is 5.91 Å². The molecule has 5 heteroatoms. The summed E-state index contributed by atoms with van der Waals surface area (Å²) in [6.07, 6.45) is 0. The van der Waals surface area contributed by atoms with E-state index in [9.17, 15) is 9.90 Å². The molecule has 0 aliphatic rings. The Labute approximate surface area is 185 Å². The fraction of sp³-hybridized carbons (Fsp3) is 0.0370. The summed E-state index contributed by atoms with van der Waals surface area (Å²) in [5.41, 5.74) is 7.27. The zero-order valence-electron chi connectivity index (χ0n) is 17.2. The molecule has 3 N–H and O–H groups in total. The molecule has 0 radical (unpaired) electrons. The van der Waals surface area contributed by atoms with Crippen LogP contribution in [-0.2, 0) is 10.4 Å². The molecule has 0 atom stereocenters. The number of aliphatic hydroxyl groups is 1. The van der Waals surface area contributed by atoms with Crippen LogP contribution < -0.4 is 10.9 Å². The molecule has 0 aliphatic carbocycles. The molecule has 0 saturated heterocycles. The molecule has 0 fully saturated rings. The average molecular weight is 419 g/mol. The Morgan fingerprint density at radius 3 is 1.59 bits per heavy atom. The van der Waals surface area contributed by atoms with Crippen LogP contribution >= 0.6 is 0 Å². The molecule has 0 spiro atoms. The fourth-order valence-corrected chi connectivity index (χ4v) is 3.97. The number of amides is 1. The monoisotopic (exact) mass is 419 g/mol. The second-order valence-electron chi connectivity index (χ2n) is 7.54. The van der Waals surface area contributed by atoms with E-state index in [0.29, 0.717) is 11.1 Å². The third-order valence-corrected chi connectivity index (χ3v) is 5.60. The summed E-state index contributed by atoms with van der Waals surface area (Å²) in [4.78, 5) is 18.2. The predicted molar refractivity (Wildman–Crippen MR) is 127 cm³/mol. The number of pyridine rings is 1. The molecule has 156 valence electrons. The summed E-state index contributed by atoms with van der Waals surface area (Å²) in [6.45, 7) is 0. The molecule has 4 aromatic carbocycles. The predicted octanol–water partition coefficient (Wildman–Crippen LogP) is 4.77. The first-order valence-electron chi connectivity index (χ1n) is 10.4. The van der Waals surface area contributed by atoms with Gasteiger partial charge in [0, 0.05) is 10.8 Å². The maximum absolute atomic E-state index is 13.5. The van der Waals surface area contributed by atoms with Crippen molar-refractivity contribution >= 4 is 33.4 Å². The van der Waals surface area contributed by atoms with Gasteiger partial charge in [-0.05, 0) is 23.3 Å². The average Bonchev–Trinajstić information content (AvgIpc) is 2.87. The zero-order chi connectivity index (χ0) is 22.0. The number of benzene rings is 4. The minimum absolute atomic E-state index is 0.481. The molecule has 0 saturated carbocycles. The van der Waals surface area contributed by atoms with Crippen molar-refractivity contribution in [2.45, 2.75) is 5.60 Å². The summed E-state index contributed by atoms with van der Waals surface area (Å²) in [7, 11) is 0. The summed E-state index contributed by atoms with van der Waals surface area (Å²) in [6, 6.07) is 33.3. The van der Waals surface area contributed by atoms with Crippen molar-refractivity contribution in [3.05, 3.63) is 120 Å². The lowest BCUT2D eigenvalue weighted by Crippen LogP contribution is -2.47. The number of fused-ring (bicyclic) bond motifs is 2. The van der Waals surface area contributed by atoms with Crippen molar-refractivity contribution in [3.63, 3.8) is 0 Å². The second-order valence-corrected chi connectivity index (χ2v) is 7.54. The van der Waals surface area contributed by atoms with Gasteiger partial charge < -0.3 is 5.11 Å². The number of aromatic nitrogens is 1. The number of hydrogen-bond acceptors (Lipinski definition) is 4. The highest BCUT2D eigenvalue weighted by atomic mass is 16.3. The van der Waals surface area contributed by atoms with E-state index in [4.69, 9.17) is 4.98 Å². The van der Waals surface area contributed by atoms with E-state index in [1.54, 1.807) is 48.5 Å². The number of nitrogens with one attached hydrogen (secondary N) is 2. The van der Waals surface area contributed by atoms with Crippen LogP contribution in [0.15, 0.2) is 109 Å². The number of carbonyl (C=O) groups is 1. The largest absolute Gasteiger partial charge is 0.372 e. The molecule has 1 heterocycles. The van der Waals surface area contributed by atoms with Gasteiger partial charge in [-0.2, -0.15) is 0 Å². The van der Waals surface area contributed by atoms with Gasteiger partial charge >= 0.3 is 0 Å². The number of nitrogens with zero attached hydrogens (tertiary/aromatic N) is 1. The number of hydrazine groups is 1. The van der Waals surface area contributed by atoms with E-state index in [-0.39, 0.29) is 0 Å². The lowest BCUT2D eigenvalue weighted by atomic mass is 9.85. The Morgan fingerprint density at radius 1 is 0.656 bits per heavy atom. The number of rotatable bonds is 5. The molecule has 0 unspecified atom stereocenters. The molecular formula is C27H21N3O2. The van der Waals surface area contributed by atoms with Crippen molar-refractivity contribution in [2.75, 3.05) is 5.43 Å². The number of para-hydroxylation sites is 2. The summed E-state index contributed by atoms with van der Waals surface area (Å²) in [5.74, 6) is -0.583. The summed E-state index contributed by atoms with van der Waals surface area (Å²) < 4.78 is 0. The minimum atomic E-state index is -1.87. The Kier molecular flexibility index (Phi) is 5.01. The van der Waals surface area contributed by atoms with Gasteiger partial charge in [0.05, 0.1) is 16.7 Å². The standard InChI is InChI=1S/C27H21N3O2/c31-26(27(32,19-11-3-1-4-12-19)20-13-5-2-6-14-20)30-29-25-21-15-7-9-17-23(21)28-24-18-10-8-16-22(24)25/h1-18,32H,(H,28,29)(H,30,31). The van der Waals surface area contributed by atoms with Crippen LogP contribution in [0.2, 0.25) is 0 Å². The van der Waals surface area contributed by atoms with Gasteiger partial charge in [-0.3, -0.25) is 15.6 Å². The van der Waals surface area contributed by atoms with Crippen LogP contribution in [0.3, 0.4) is 0 Å².